The highest BCUT2D eigenvalue weighted by Crippen LogP contribution is 2.31. The molecule has 0 radical (unpaired) electrons. The molecule has 0 aliphatic carbocycles. The van der Waals surface area contributed by atoms with E-state index in [0.29, 0.717) is 0 Å². The number of allylic oxidation sites excluding steroid dienone is 1. The van der Waals surface area contributed by atoms with E-state index in [-0.39, 0.29) is 5.69 Å². The molecule has 3 aromatic rings. The third-order valence-corrected chi connectivity index (χ3v) is 4.79. The second-order valence-corrected chi connectivity index (χ2v) is 6.89. The zero-order valence-electron chi connectivity index (χ0n) is 16.5. The average molecular weight is 409 g/mol. The molecule has 0 bridgehead atoms. The van der Waals surface area contributed by atoms with Crippen LogP contribution in [0.3, 0.4) is 0 Å². The Kier molecular flexibility index (Phi) is 6.72. The van der Waals surface area contributed by atoms with E-state index < -0.39 is 12.1 Å². The highest BCUT2D eigenvalue weighted by Gasteiger charge is 2.38. The Morgan fingerprint density at radius 3 is 1.87 bits per heavy atom. The molecule has 154 valence electrons. The summed E-state index contributed by atoms with van der Waals surface area (Å²) in [6.45, 7) is 2.10. The molecule has 30 heavy (non-hydrogen) atoms. The number of nitrogens with one attached hydrogen (secondary N) is 1. The molecule has 0 aliphatic rings. The van der Waals surface area contributed by atoms with Crippen LogP contribution in [0.2, 0.25) is 0 Å². The third kappa shape index (κ3) is 5.38. The quantitative estimate of drug-likeness (QED) is 0.486. The Morgan fingerprint density at radius 1 is 0.800 bits per heavy atom. The first-order valence-electron chi connectivity index (χ1n) is 9.68. The van der Waals surface area contributed by atoms with Crippen LogP contribution in [0.25, 0.3) is 5.57 Å². The number of amides is 1. The lowest BCUT2D eigenvalue weighted by atomic mass is 9.88. The van der Waals surface area contributed by atoms with Crippen molar-refractivity contribution in [2.24, 2.45) is 0 Å². The molecule has 0 fully saturated rings. The first-order chi connectivity index (χ1) is 14.4. The summed E-state index contributed by atoms with van der Waals surface area (Å²) in [5, 5.41) is 1.89. The summed E-state index contributed by atoms with van der Waals surface area (Å²) in [5.74, 6) is -1.98. The first kappa shape index (κ1) is 21.4. The van der Waals surface area contributed by atoms with Crippen LogP contribution >= 0.6 is 0 Å². The lowest BCUT2D eigenvalue weighted by Gasteiger charge is -2.17. The molecule has 3 rings (SSSR count). The lowest BCUT2D eigenvalue weighted by molar-refractivity contribution is -0.167. The van der Waals surface area contributed by atoms with Crippen LogP contribution in [-0.2, 0) is 11.2 Å². The number of carbonyl (C=O) groups excluding carboxylic acids is 1. The highest BCUT2D eigenvalue weighted by molar-refractivity contribution is 5.95. The van der Waals surface area contributed by atoms with E-state index in [1.54, 1.807) is 12.1 Å². The SMILES string of the molecule is CCC(Cc1ccccc1)=C(c1ccccc1)c1ccc(NC(=O)C(F)(F)F)cc1. The average Bonchev–Trinajstić information content (AvgIpc) is 2.75. The van der Waals surface area contributed by atoms with E-state index >= 15 is 0 Å². The fourth-order valence-electron chi connectivity index (χ4n) is 3.33. The molecule has 0 atom stereocenters. The Hall–Kier alpha value is -3.34. The van der Waals surface area contributed by atoms with E-state index in [2.05, 4.69) is 19.1 Å². The highest BCUT2D eigenvalue weighted by atomic mass is 19.4. The molecule has 2 nitrogen and oxygen atoms in total. The van der Waals surface area contributed by atoms with Crippen molar-refractivity contribution in [2.75, 3.05) is 5.32 Å². The van der Waals surface area contributed by atoms with Gasteiger partial charge in [0.05, 0.1) is 0 Å². The molecule has 0 saturated heterocycles. The van der Waals surface area contributed by atoms with Gasteiger partial charge in [0.1, 0.15) is 0 Å². The molecule has 0 heterocycles. The van der Waals surface area contributed by atoms with Crippen LogP contribution in [0, 0.1) is 0 Å². The van der Waals surface area contributed by atoms with E-state index in [1.807, 2.05) is 53.8 Å². The van der Waals surface area contributed by atoms with Crippen LogP contribution in [-0.4, -0.2) is 12.1 Å². The molecule has 0 aliphatic heterocycles. The Labute approximate surface area is 174 Å². The summed E-state index contributed by atoms with van der Waals surface area (Å²) in [6, 6.07) is 26.5. The van der Waals surface area contributed by atoms with Gasteiger partial charge in [-0.1, -0.05) is 85.3 Å². The van der Waals surface area contributed by atoms with Crippen molar-refractivity contribution >= 4 is 17.2 Å². The van der Waals surface area contributed by atoms with Gasteiger partial charge in [-0.25, -0.2) is 0 Å². The molecular weight excluding hydrogens is 387 g/mol. The molecule has 1 amide bonds. The lowest BCUT2D eigenvalue weighted by Crippen LogP contribution is -2.29. The summed E-state index contributed by atoms with van der Waals surface area (Å²) in [6.07, 6.45) is -3.32. The second-order valence-electron chi connectivity index (χ2n) is 6.89. The number of hydrogen-bond donors (Lipinski definition) is 1. The predicted molar refractivity (Wildman–Crippen MR) is 114 cm³/mol. The van der Waals surface area contributed by atoms with Gasteiger partial charge >= 0.3 is 12.1 Å². The van der Waals surface area contributed by atoms with Gasteiger partial charge in [0.2, 0.25) is 0 Å². The largest absolute Gasteiger partial charge is 0.471 e. The smallest absolute Gasteiger partial charge is 0.318 e. The van der Waals surface area contributed by atoms with Gasteiger partial charge in [-0.05, 0) is 47.2 Å². The van der Waals surface area contributed by atoms with Gasteiger partial charge in [-0.15, -0.1) is 0 Å². The van der Waals surface area contributed by atoms with Crippen molar-refractivity contribution in [3.05, 3.63) is 107 Å². The Bertz CT molecular complexity index is 1010. The topological polar surface area (TPSA) is 29.1 Å². The van der Waals surface area contributed by atoms with Gasteiger partial charge in [-0.3, -0.25) is 4.79 Å². The maximum Gasteiger partial charge on any atom is 0.471 e. The van der Waals surface area contributed by atoms with E-state index in [4.69, 9.17) is 0 Å². The number of hydrogen-bond acceptors (Lipinski definition) is 1. The maximum absolute atomic E-state index is 12.5. The van der Waals surface area contributed by atoms with Crippen molar-refractivity contribution in [2.45, 2.75) is 25.9 Å². The summed E-state index contributed by atoms with van der Waals surface area (Å²) in [4.78, 5) is 11.2. The molecule has 0 unspecified atom stereocenters. The van der Waals surface area contributed by atoms with Crippen LogP contribution in [0.4, 0.5) is 18.9 Å². The number of alkyl halides is 3. The molecule has 5 heteroatoms. The minimum atomic E-state index is -4.92. The fraction of sp³-hybridized carbons (Fsp3) is 0.160. The fourth-order valence-corrected chi connectivity index (χ4v) is 3.33. The zero-order valence-corrected chi connectivity index (χ0v) is 16.5. The van der Waals surface area contributed by atoms with Crippen molar-refractivity contribution in [1.82, 2.24) is 0 Å². The molecule has 3 aromatic carbocycles. The number of rotatable bonds is 6. The van der Waals surface area contributed by atoms with Gasteiger partial charge < -0.3 is 5.32 Å². The summed E-state index contributed by atoms with van der Waals surface area (Å²) in [7, 11) is 0. The second kappa shape index (κ2) is 9.44. The van der Waals surface area contributed by atoms with Crippen LogP contribution < -0.4 is 5.32 Å². The Morgan fingerprint density at radius 2 is 1.33 bits per heavy atom. The van der Waals surface area contributed by atoms with Crippen molar-refractivity contribution in [3.8, 4) is 0 Å². The van der Waals surface area contributed by atoms with E-state index in [9.17, 15) is 18.0 Å². The van der Waals surface area contributed by atoms with Gasteiger partial charge in [0, 0.05) is 5.69 Å². The van der Waals surface area contributed by atoms with Gasteiger partial charge in [0.25, 0.3) is 0 Å². The maximum atomic E-state index is 12.5. The minimum absolute atomic E-state index is 0.106. The summed E-state index contributed by atoms with van der Waals surface area (Å²) >= 11 is 0. The summed E-state index contributed by atoms with van der Waals surface area (Å²) < 4.78 is 37.5. The third-order valence-electron chi connectivity index (χ3n) is 4.79. The van der Waals surface area contributed by atoms with Crippen molar-refractivity contribution in [1.29, 1.82) is 0 Å². The molecule has 1 N–H and O–H groups in total. The van der Waals surface area contributed by atoms with Crippen LogP contribution in [0.5, 0.6) is 0 Å². The van der Waals surface area contributed by atoms with Crippen molar-refractivity contribution in [3.63, 3.8) is 0 Å². The molecule has 0 spiro atoms. The standard InChI is InChI=1S/C25H22F3NO/c1-2-19(17-18-9-5-3-6-10-18)23(20-11-7-4-8-12-20)21-13-15-22(16-14-21)29-24(30)25(26,27)28/h3-16H,2,17H2,1H3,(H,29,30). The number of benzene rings is 3. The first-order valence-corrected chi connectivity index (χ1v) is 9.68. The minimum Gasteiger partial charge on any atom is -0.318 e. The molecular formula is C25H22F3NO. The van der Waals surface area contributed by atoms with E-state index in [1.165, 1.54) is 23.3 Å². The van der Waals surface area contributed by atoms with Gasteiger partial charge in [-0.2, -0.15) is 13.2 Å². The van der Waals surface area contributed by atoms with Crippen molar-refractivity contribution < 1.29 is 18.0 Å². The number of anilines is 1. The monoisotopic (exact) mass is 409 g/mol. The molecule has 0 saturated carbocycles. The van der Waals surface area contributed by atoms with Crippen LogP contribution in [0.15, 0.2) is 90.5 Å². The normalized spacial score (nSPS) is 12.3. The van der Waals surface area contributed by atoms with Gasteiger partial charge in [0.15, 0.2) is 0 Å². The molecule has 0 aromatic heterocycles. The van der Waals surface area contributed by atoms with Crippen LogP contribution in [0.1, 0.15) is 30.0 Å². The Balaban J connectivity index is 2.00. The zero-order chi connectivity index (χ0) is 21.6. The van der Waals surface area contributed by atoms with E-state index in [0.717, 1.165) is 29.5 Å². The number of halogens is 3. The summed E-state index contributed by atoms with van der Waals surface area (Å²) in [5.41, 5.74) is 5.50. The number of carbonyl (C=O) groups is 1. The predicted octanol–water partition coefficient (Wildman–Crippen LogP) is 6.64.